The molecule has 2 aromatic carbocycles. The number of amides is 1. The number of nitrogens with one attached hydrogen (secondary N) is 1. The van der Waals surface area contributed by atoms with Crippen LogP contribution in [0.25, 0.3) is 0 Å². The lowest BCUT2D eigenvalue weighted by atomic mass is 10.0. The molecule has 2 aromatic rings. The predicted molar refractivity (Wildman–Crippen MR) is 86.5 cm³/mol. The molecule has 0 radical (unpaired) electrons. The Morgan fingerprint density at radius 2 is 1.77 bits per heavy atom. The summed E-state index contributed by atoms with van der Waals surface area (Å²) >= 11 is 12.2. The minimum atomic E-state index is -0.555. The van der Waals surface area contributed by atoms with Crippen LogP contribution in [0.3, 0.4) is 0 Å². The number of carbonyl (C=O) groups is 1. The van der Waals surface area contributed by atoms with Gasteiger partial charge < -0.3 is 5.32 Å². The number of alkyl halides is 1. The second kappa shape index (κ2) is 6.77. The first-order valence-corrected chi connectivity index (χ1v) is 7.15. The van der Waals surface area contributed by atoms with Gasteiger partial charge in [0, 0.05) is 18.0 Å². The van der Waals surface area contributed by atoms with Gasteiger partial charge in [-0.1, -0.05) is 29.8 Å². The Morgan fingerprint density at radius 1 is 1.18 bits per heavy atom. The number of hydrogen-bond acceptors (Lipinski definition) is 3. The van der Waals surface area contributed by atoms with Crippen molar-refractivity contribution in [1.29, 1.82) is 0 Å². The number of carbonyl (C=O) groups excluding carboxylic acids is 1. The molecule has 0 bridgehead atoms. The first-order valence-electron chi connectivity index (χ1n) is 6.34. The topological polar surface area (TPSA) is 72.2 Å². The van der Waals surface area contributed by atoms with Gasteiger partial charge in [-0.25, -0.2) is 0 Å². The van der Waals surface area contributed by atoms with E-state index >= 15 is 0 Å². The summed E-state index contributed by atoms with van der Waals surface area (Å²) < 4.78 is 0. The van der Waals surface area contributed by atoms with Gasteiger partial charge in [-0.05, 0) is 29.3 Å². The monoisotopic (exact) mass is 338 g/mol. The van der Waals surface area contributed by atoms with Crippen molar-refractivity contribution in [2.75, 3.05) is 5.32 Å². The van der Waals surface area contributed by atoms with Crippen LogP contribution in [0.2, 0.25) is 5.02 Å². The van der Waals surface area contributed by atoms with Crippen LogP contribution >= 0.6 is 23.2 Å². The van der Waals surface area contributed by atoms with Gasteiger partial charge in [-0.2, -0.15) is 0 Å². The molecule has 1 unspecified atom stereocenters. The van der Waals surface area contributed by atoms with Crippen molar-refractivity contribution in [3.63, 3.8) is 0 Å². The zero-order valence-corrected chi connectivity index (χ0v) is 13.1. The molecule has 0 aliphatic rings. The van der Waals surface area contributed by atoms with Crippen molar-refractivity contribution in [2.24, 2.45) is 0 Å². The summed E-state index contributed by atoms with van der Waals surface area (Å²) in [7, 11) is 0. The van der Waals surface area contributed by atoms with E-state index in [2.05, 4.69) is 5.32 Å². The minimum absolute atomic E-state index is 0.140. The first kappa shape index (κ1) is 16.3. The average Bonchev–Trinajstić information content (AvgIpc) is 2.47. The Balaban J connectivity index is 2.39. The third kappa shape index (κ3) is 3.75. The summed E-state index contributed by atoms with van der Waals surface area (Å²) in [6, 6.07) is 11.4. The smallest absolute Gasteiger partial charge is 0.293 e. The van der Waals surface area contributed by atoms with Crippen LogP contribution < -0.4 is 5.32 Å². The highest BCUT2D eigenvalue weighted by Crippen LogP contribution is 2.34. The van der Waals surface area contributed by atoms with E-state index in [9.17, 15) is 14.9 Å². The fraction of sp³-hybridized carbons (Fsp3) is 0.133. The third-order valence-electron chi connectivity index (χ3n) is 2.98. The average molecular weight is 339 g/mol. The Bertz CT molecular complexity index is 717. The zero-order chi connectivity index (χ0) is 16.3. The molecule has 0 spiro atoms. The van der Waals surface area contributed by atoms with Gasteiger partial charge in [0.05, 0.1) is 10.3 Å². The molecule has 1 atom stereocenters. The molecule has 0 fully saturated rings. The van der Waals surface area contributed by atoms with E-state index in [4.69, 9.17) is 23.2 Å². The minimum Gasteiger partial charge on any atom is -0.321 e. The second-order valence-electron chi connectivity index (χ2n) is 4.63. The molecule has 22 heavy (non-hydrogen) atoms. The standard InChI is InChI=1S/C15H12Cl2N2O3/c1-9(20)18-13-7-4-11(8-14(13)19(21)22)15(17)10-2-5-12(16)6-3-10/h2-8,15H,1H3,(H,18,20). The summed E-state index contributed by atoms with van der Waals surface area (Å²) in [5, 5.41) is 13.6. The van der Waals surface area contributed by atoms with Crippen LogP contribution in [0.5, 0.6) is 0 Å². The lowest BCUT2D eigenvalue weighted by Crippen LogP contribution is -2.08. The normalized spacial score (nSPS) is 11.8. The molecule has 0 heterocycles. The van der Waals surface area contributed by atoms with Gasteiger partial charge in [-0.15, -0.1) is 11.6 Å². The highest BCUT2D eigenvalue weighted by atomic mass is 35.5. The lowest BCUT2D eigenvalue weighted by molar-refractivity contribution is -0.384. The number of nitrogens with zero attached hydrogens (tertiary/aromatic N) is 1. The zero-order valence-electron chi connectivity index (χ0n) is 11.5. The molecule has 0 aliphatic carbocycles. The summed E-state index contributed by atoms with van der Waals surface area (Å²) in [5.74, 6) is -0.379. The molecule has 0 saturated heterocycles. The number of rotatable bonds is 4. The quantitative estimate of drug-likeness (QED) is 0.505. The fourth-order valence-electron chi connectivity index (χ4n) is 1.98. The van der Waals surface area contributed by atoms with E-state index in [1.165, 1.54) is 19.1 Å². The second-order valence-corrected chi connectivity index (χ2v) is 5.50. The summed E-state index contributed by atoms with van der Waals surface area (Å²) in [6.07, 6.45) is 0. The maximum atomic E-state index is 11.2. The molecule has 1 N–H and O–H groups in total. The van der Waals surface area contributed by atoms with Gasteiger partial charge in [0.2, 0.25) is 5.91 Å². The van der Waals surface area contributed by atoms with Crippen LogP contribution in [0.4, 0.5) is 11.4 Å². The SMILES string of the molecule is CC(=O)Nc1ccc(C(Cl)c2ccc(Cl)cc2)cc1[N+](=O)[O-]. The molecule has 114 valence electrons. The van der Waals surface area contributed by atoms with E-state index in [-0.39, 0.29) is 17.3 Å². The van der Waals surface area contributed by atoms with Crippen molar-refractivity contribution < 1.29 is 9.72 Å². The molecular weight excluding hydrogens is 327 g/mol. The van der Waals surface area contributed by atoms with Crippen LogP contribution in [0, 0.1) is 10.1 Å². The highest BCUT2D eigenvalue weighted by molar-refractivity contribution is 6.30. The summed E-state index contributed by atoms with van der Waals surface area (Å²) in [5.41, 5.74) is 1.27. The van der Waals surface area contributed by atoms with Crippen molar-refractivity contribution in [1.82, 2.24) is 0 Å². The van der Waals surface area contributed by atoms with Crippen molar-refractivity contribution >= 4 is 40.5 Å². The third-order valence-corrected chi connectivity index (χ3v) is 3.74. The van der Waals surface area contributed by atoms with E-state index in [1.807, 2.05) is 0 Å². The lowest BCUT2D eigenvalue weighted by Gasteiger charge is -2.12. The molecular formula is C15H12Cl2N2O3. The van der Waals surface area contributed by atoms with E-state index in [0.717, 1.165) is 5.56 Å². The van der Waals surface area contributed by atoms with Gasteiger partial charge in [0.15, 0.2) is 0 Å². The van der Waals surface area contributed by atoms with Crippen LogP contribution in [0.1, 0.15) is 23.4 Å². The largest absolute Gasteiger partial charge is 0.321 e. The van der Waals surface area contributed by atoms with Gasteiger partial charge in [0.25, 0.3) is 5.69 Å². The Morgan fingerprint density at radius 3 is 2.32 bits per heavy atom. The van der Waals surface area contributed by atoms with Crippen LogP contribution in [-0.4, -0.2) is 10.8 Å². The number of nitro benzene ring substituents is 1. The molecule has 0 aromatic heterocycles. The maximum Gasteiger partial charge on any atom is 0.293 e. The summed E-state index contributed by atoms with van der Waals surface area (Å²) in [6.45, 7) is 1.29. The number of hydrogen-bond donors (Lipinski definition) is 1. The van der Waals surface area contributed by atoms with Gasteiger partial charge in [0.1, 0.15) is 5.69 Å². The number of nitro groups is 1. The molecule has 1 amide bonds. The van der Waals surface area contributed by atoms with Crippen molar-refractivity contribution in [3.8, 4) is 0 Å². The highest BCUT2D eigenvalue weighted by Gasteiger charge is 2.19. The van der Waals surface area contributed by atoms with Crippen molar-refractivity contribution in [2.45, 2.75) is 12.3 Å². The maximum absolute atomic E-state index is 11.2. The van der Waals surface area contributed by atoms with E-state index < -0.39 is 10.3 Å². The number of benzene rings is 2. The molecule has 0 saturated carbocycles. The predicted octanol–water partition coefficient (Wildman–Crippen LogP) is 4.53. The molecule has 0 aliphatic heterocycles. The van der Waals surface area contributed by atoms with Crippen molar-refractivity contribution in [3.05, 3.63) is 68.7 Å². The number of anilines is 1. The first-order chi connectivity index (χ1) is 10.4. The van der Waals surface area contributed by atoms with Crippen LogP contribution in [0.15, 0.2) is 42.5 Å². The Labute approximate surface area is 137 Å². The molecule has 2 rings (SSSR count). The van der Waals surface area contributed by atoms with E-state index in [1.54, 1.807) is 30.3 Å². The molecule has 7 heteroatoms. The van der Waals surface area contributed by atoms with Gasteiger partial charge >= 0.3 is 0 Å². The van der Waals surface area contributed by atoms with E-state index in [0.29, 0.717) is 10.6 Å². The number of halogens is 2. The summed E-state index contributed by atoms with van der Waals surface area (Å²) in [4.78, 5) is 21.7. The Kier molecular flexibility index (Phi) is 5.00. The fourth-order valence-corrected chi connectivity index (χ4v) is 2.38. The molecule has 5 nitrogen and oxygen atoms in total. The van der Waals surface area contributed by atoms with Crippen LogP contribution in [-0.2, 0) is 4.79 Å². The van der Waals surface area contributed by atoms with Gasteiger partial charge in [-0.3, -0.25) is 14.9 Å². The Hall–Kier alpha value is -2.11.